The van der Waals surface area contributed by atoms with Gasteiger partial charge in [0.2, 0.25) is 5.91 Å². The van der Waals surface area contributed by atoms with Crippen molar-refractivity contribution in [1.82, 2.24) is 0 Å². The van der Waals surface area contributed by atoms with Gasteiger partial charge in [-0.25, -0.2) is 4.79 Å². The lowest BCUT2D eigenvalue weighted by atomic mass is 9.96. The molecule has 1 fully saturated rings. The first kappa shape index (κ1) is 15.6. The van der Waals surface area contributed by atoms with Crippen molar-refractivity contribution in [3.05, 3.63) is 34.3 Å². The molecular formula is C15H17BrN2O3. The number of amides is 1. The van der Waals surface area contributed by atoms with E-state index in [0.29, 0.717) is 0 Å². The maximum atomic E-state index is 11.2. The molecule has 1 heterocycles. The maximum Gasteiger partial charge on any atom is 0.328 e. The molecule has 6 heteroatoms. The van der Waals surface area contributed by atoms with Crippen molar-refractivity contribution in [3.63, 3.8) is 0 Å². The number of carbonyl (C=O) groups excluding carboxylic acids is 1. The smallest absolute Gasteiger partial charge is 0.328 e. The third-order valence-corrected chi connectivity index (χ3v) is 4.26. The second-order valence-electron chi connectivity index (χ2n) is 5.05. The van der Waals surface area contributed by atoms with Crippen LogP contribution < -0.4 is 10.6 Å². The molecule has 0 radical (unpaired) electrons. The number of hydrogen-bond acceptors (Lipinski definition) is 3. The van der Waals surface area contributed by atoms with Crippen LogP contribution in [0, 0.1) is 5.92 Å². The van der Waals surface area contributed by atoms with E-state index in [1.54, 1.807) is 6.08 Å². The average molecular weight is 353 g/mol. The Bertz CT molecular complexity index is 578. The average Bonchev–Trinajstić information content (AvgIpc) is 2.45. The summed E-state index contributed by atoms with van der Waals surface area (Å²) in [6.07, 6.45) is 4.20. The SMILES string of the molecule is NC(=O)C1CCN(c2ccc(/C=C/C(=O)O)cc2Br)CC1. The molecule has 0 spiro atoms. The Morgan fingerprint density at radius 3 is 2.52 bits per heavy atom. The Labute approximate surface area is 131 Å². The highest BCUT2D eigenvalue weighted by molar-refractivity contribution is 9.10. The van der Waals surface area contributed by atoms with Crippen LogP contribution in [0.3, 0.4) is 0 Å². The number of primary amides is 1. The molecule has 0 aliphatic carbocycles. The molecular weight excluding hydrogens is 336 g/mol. The minimum absolute atomic E-state index is 0.0298. The van der Waals surface area contributed by atoms with Crippen LogP contribution in [0.25, 0.3) is 6.08 Å². The van der Waals surface area contributed by atoms with Crippen molar-refractivity contribution < 1.29 is 14.7 Å². The number of nitrogens with two attached hydrogens (primary N) is 1. The van der Waals surface area contributed by atoms with E-state index in [9.17, 15) is 9.59 Å². The third-order valence-electron chi connectivity index (χ3n) is 3.63. The van der Waals surface area contributed by atoms with Crippen LogP contribution in [-0.4, -0.2) is 30.1 Å². The van der Waals surface area contributed by atoms with Gasteiger partial charge in [-0.2, -0.15) is 0 Å². The minimum atomic E-state index is -0.969. The summed E-state index contributed by atoms with van der Waals surface area (Å²) in [6, 6.07) is 5.71. The fraction of sp³-hybridized carbons (Fsp3) is 0.333. The van der Waals surface area contributed by atoms with Crippen molar-refractivity contribution in [1.29, 1.82) is 0 Å². The molecule has 21 heavy (non-hydrogen) atoms. The molecule has 3 N–H and O–H groups in total. The number of nitrogens with zero attached hydrogens (tertiary/aromatic N) is 1. The molecule has 112 valence electrons. The van der Waals surface area contributed by atoms with E-state index < -0.39 is 5.97 Å². The van der Waals surface area contributed by atoms with Gasteiger partial charge in [-0.15, -0.1) is 0 Å². The quantitative estimate of drug-likeness (QED) is 0.814. The first-order valence-electron chi connectivity index (χ1n) is 6.72. The molecule has 0 bridgehead atoms. The van der Waals surface area contributed by atoms with E-state index in [-0.39, 0.29) is 11.8 Å². The standard InChI is InChI=1S/C15H17BrN2O3/c16-12-9-10(2-4-14(19)20)1-3-13(12)18-7-5-11(6-8-18)15(17)21/h1-4,9,11H,5-8H2,(H2,17,21)(H,19,20)/b4-2+. The van der Waals surface area contributed by atoms with Gasteiger partial charge in [-0.3, -0.25) is 4.79 Å². The van der Waals surface area contributed by atoms with Gasteiger partial charge in [0, 0.05) is 29.6 Å². The van der Waals surface area contributed by atoms with Crippen LogP contribution in [0.1, 0.15) is 18.4 Å². The molecule has 0 saturated carbocycles. The normalized spacial score (nSPS) is 16.3. The molecule has 5 nitrogen and oxygen atoms in total. The summed E-state index contributed by atoms with van der Waals surface area (Å²) >= 11 is 3.52. The number of carboxylic acid groups (broad SMARTS) is 1. The van der Waals surface area contributed by atoms with Gasteiger partial charge in [0.15, 0.2) is 0 Å². The highest BCUT2D eigenvalue weighted by Crippen LogP contribution is 2.31. The van der Waals surface area contributed by atoms with Crippen molar-refractivity contribution in [2.45, 2.75) is 12.8 Å². The topological polar surface area (TPSA) is 83.6 Å². The fourth-order valence-electron chi connectivity index (χ4n) is 2.46. The molecule has 1 aromatic rings. The van der Waals surface area contributed by atoms with Gasteiger partial charge in [0.1, 0.15) is 0 Å². The number of benzene rings is 1. The Kier molecular flexibility index (Phi) is 5.01. The van der Waals surface area contributed by atoms with Gasteiger partial charge in [-0.1, -0.05) is 6.07 Å². The molecule has 0 unspecified atom stereocenters. The predicted molar refractivity (Wildman–Crippen MR) is 84.9 cm³/mol. The number of rotatable bonds is 4. The summed E-state index contributed by atoms with van der Waals surface area (Å²) < 4.78 is 0.910. The van der Waals surface area contributed by atoms with Gasteiger partial charge < -0.3 is 15.7 Å². The van der Waals surface area contributed by atoms with Crippen LogP contribution in [0.5, 0.6) is 0 Å². The van der Waals surface area contributed by atoms with Gasteiger partial charge >= 0.3 is 5.97 Å². The van der Waals surface area contributed by atoms with Crippen LogP contribution in [0.15, 0.2) is 28.7 Å². The molecule has 0 atom stereocenters. The predicted octanol–water partition coefficient (Wildman–Crippen LogP) is 2.25. The first-order chi connectivity index (χ1) is 9.97. The van der Waals surface area contributed by atoms with Crippen molar-refractivity contribution >= 4 is 39.6 Å². The van der Waals surface area contributed by atoms with Crippen molar-refractivity contribution in [3.8, 4) is 0 Å². The molecule has 1 aromatic carbocycles. The van der Waals surface area contributed by atoms with Crippen LogP contribution in [-0.2, 0) is 9.59 Å². The lowest BCUT2D eigenvalue weighted by Gasteiger charge is -2.33. The Morgan fingerprint density at radius 1 is 1.33 bits per heavy atom. The van der Waals surface area contributed by atoms with Crippen molar-refractivity contribution in [2.75, 3.05) is 18.0 Å². The Morgan fingerprint density at radius 2 is 2.00 bits per heavy atom. The lowest BCUT2D eigenvalue weighted by Crippen LogP contribution is -2.38. The summed E-state index contributed by atoms with van der Waals surface area (Å²) in [5.74, 6) is -1.22. The molecule has 1 saturated heterocycles. The highest BCUT2D eigenvalue weighted by atomic mass is 79.9. The second-order valence-corrected chi connectivity index (χ2v) is 5.90. The zero-order valence-electron chi connectivity index (χ0n) is 11.5. The third kappa shape index (κ3) is 4.07. The van der Waals surface area contributed by atoms with E-state index in [4.69, 9.17) is 10.8 Å². The number of anilines is 1. The molecule has 1 aliphatic heterocycles. The number of halogens is 1. The number of piperidine rings is 1. The van der Waals surface area contributed by atoms with Crippen LogP contribution >= 0.6 is 15.9 Å². The zero-order valence-corrected chi connectivity index (χ0v) is 13.0. The largest absolute Gasteiger partial charge is 0.478 e. The Balaban J connectivity index is 2.08. The molecule has 1 amide bonds. The van der Waals surface area contributed by atoms with Gasteiger partial charge in [0.25, 0.3) is 0 Å². The number of aliphatic carboxylic acids is 1. The minimum Gasteiger partial charge on any atom is -0.478 e. The van der Waals surface area contributed by atoms with E-state index in [1.807, 2.05) is 18.2 Å². The number of carbonyl (C=O) groups is 2. The zero-order chi connectivity index (χ0) is 15.4. The number of hydrogen-bond donors (Lipinski definition) is 2. The summed E-state index contributed by atoms with van der Waals surface area (Å²) in [6.45, 7) is 1.58. The molecule has 2 rings (SSSR count). The lowest BCUT2D eigenvalue weighted by molar-refractivity contribution is -0.131. The van der Waals surface area contributed by atoms with E-state index in [2.05, 4.69) is 20.8 Å². The maximum absolute atomic E-state index is 11.2. The summed E-state index contributed by atoms with van der Waals surface area (Å²) in [7, 11) is 0. The second kappa shape index (κ2) is 6.76. The summed E-state index contributed by atoms with van der Waals surface area (Å²) in [4.78, 5) is 23.9. The first-order valence-corrected chi connectivity index (χ1v) is 7.51. The van der Waals surface area contributed by atoms with E-state index >= 15 is 0 Å². The van der Waals surface area contributed by atoms with E-state index in [1.165, 1.54) is 0 Å². The van der Waals surface area contributed by atoms with Gasteiger partial charge in [0.05, 0.1) is 5.69 Å². The highest BCUT2D eigenvalue weighted by Gasteiger charge is 2.24. The summed E-state index contributed by atoms with van der Waals surface area (Å²) in [5.41, 5.74) is 7.20. The molecule has 1 aliphatic rings. The van der Waals surface area contributed by atoms with Crippen LogP contribution in [0.2, 0.25) is 0 Å². The van der Waals surface area contributed by atoms with Crippen LogP contribution in [0.4, 0.5) is 5.69 Å². The van der Waals surface area contributed by atoms with Crippen molar-refractivity contribution in [2.24, 2.45) is 11.7 Å². The monoisotopic (exact) mass is 352 g/mol. The fourth-order valence-corrected chi connectivity index (χ4v) is 3.10. The number of carboxylic acids is 1. The van der Waals surface area contributed by atoms with E-state index in [0.717, 1.165) is 47.7 Å². The van der Waals surface area contributed by atoms with Gasteiger partial charge in [-0.05, 0) is 52.5 Å². The Hall–Kier alpha value is -1.82. The molecule has 0 aromatic heterocycles. The summed E-state index contributed by atoms with van der Waals surface area (Å²) in [5, 5.41) is 8.63.